The number of carbonyl (C=O) groups is 2. The molecule has 52 heavy (non-hydrogen) atoms. The minimum absolute atomic E-state index is 0.0307. The average Bonchev–Trinajstić information content (AvgIpc) is 3.06. The van der Waals surface area contributed by atoms with E-state index in [0.717, 1.165) is 23.8 Å². The third-order valence-corrected chi connectivity index (χ3v) is 8.89. The Bertz CT molecular complexity index is 2330. The van der Waals surface area contributed by atoms with Crippen molar-refractivity contribution in [3.63, 3.8) is 0 Å². The quantitative estimate of drug-likeness (QED) is 0.0602. The van der Waals surface area contributed by atoms with Crippen LogP contribution in [0.25, 0.3) is 0 Å². The highest BCUT2D eigenvalue weighted by Crippen LogP contribution is 2.47. The maximum atomic E-state index is 12.7. The Kier molecular flexibility index (Phi) is 12.2. The summed E-state index contributed by atoms with van der Waals surface area (Å²) in [5, 5.41) is 67.0. The van der Waals surface area contributed by atoms with E-state index in [4.69, 9.17) is 4.55 Å². The molecule has 0 spiro atoms. The van der Waals surface area contributed by atoms with Crippen molar-refractivity contribution < 1.29 is 55.6 Å². The molecule has 1 amide bonds. The minimum atomic E-state index is -4.87. The third kappa shape index (κ3) is 10.3. The van der Waals surface area contributed by atoms with Crippen LogP contribution >= 0.6 is 0 Å². The number of sulfone groups is 1. The van der Waals surface area contributed by atoms with Crippen molar-refractivity contribution >= 4 is 71.9 Å². The van der Waals surface area contributed by atoms with Gasteiger partial charge in [-0.15, -0.1) is 15.3 Å². The Labute approximate surface area is 295 Å². The Morgan fingerprint density at radius 2 is 1.42 bits per heavy atom. The van der Waals surface area contributed by atoms with Gasteiger partial charge < -0.3 is 25.7 Å². The number of aryl methyl sites for hydroxylation is 1. The van der Waals surface area contributed by atoms with E-state index in [1.165, 1.54) is 31.2 Å². The molecule has 0 aliphatic carbocycles. The first-order valence-corrected chi connectivity index (χ1v) is 17.6. The summed E-state index contributed by atoms with van der Waals surface area (Å²) in [6, 6.07) is 15.0. The number of anilines is 1. The third-order valence-electron chi connectivity index (χ3n) is 6.75. The lowest BCUT2D eigenvalue weighted by Gasteiger charge is -2.09. The Hall–Kier alpha value is -6.00. The van der Waals surface area contributed by atoms with Crippen LogP contribution in [0.1, 0.15) is 28.4 Å². The van der Waals surface area contributed by atoms with Crippen LogP contribution in [0.3, 0.4) is 0 Å². The molecule has 0 unspecified atom stereocenters. The number of aliphatic hydroxyl groups excluding tert-OH is 1. The first-order chi connectivity index (χ1) is 24.5. The molecule has 0 bridgehead atoms. The molecule has 4 aromatic carbocycles. The number of aliphatic hydroxyl groups is 1. The molecular formula is C31H29N7O12S2. The smallest absolute Gasteiger partial charge is 0.397 e. The van der Waals surface area contributed by atoms with Crippen molar-refractivity contribution in [3.8, 4) is 11.5 Å². The number of phenols is 2. The number of carboxylic acids is 1. The average molecular weight is 756 g/mol. The number of carboxylic acid groups (broad SMARTS) is 1. The van der Waals surface area contributed by atoms with Gasteiger partial charge in [0.15, 0.2) is 21.3 Å². The lowest BCUT2D eigenvalue weighted by Crippen LogP contribution is -2.15. The van der Waals surface area contributed by atoms with Gasteiger partial charge in [-0.05, 0) is 55.5 Å². The maximum Gasteiger partial charge on any atom is 0.397 e. The van der Waals surface area contributed by atoms with Gasteiger partial charge in [0, 0.05) is 12.5 Å². The predicted molar refractivity (Wildman–Crippen MR) is 183 cm³/mol. The second-order valence-electron chi connectivity index (χ2n) is 10.6. The van der Waals surface area contributed by atoms with Crippen molar-refractivity contribution in [2.75, 3.05) is 17.7 Å². The summed E-state index contributed by atoms with van der Waals surface area (Å²) in [6.45, 7) is 1.62. The second-order valence-corrected chi connectivity index (χ2v) is 13.8. The predicted octanol–water partition coefficient (Wildman–Crippen LogP) is 6.39. The number of azo groups is 3. The topological polar surface area (TPSA) is 299 Å². The summed E-state index contributed by atoms with van der Waals surface area (Å²) in [7, 11) is -9.01. The fraction of sp³-hybridized carbons (Fsp3) is 0.161. The zero-order chi connectivity index (χ0) is 38.2. The Morgan fingerprint density at radius 3 is 2.06 bits per heavy atom. The summed E-state index contributed by atoms with van der Waals surface area (Å²) in [5.41, 5.74) is -0.127. The van der Waals surface area contributed by atoms with Gasteiger partial charge in [-0.1, -0.05) is 23.8 Å². The normalized spacial score (nSPS) is 12.2. The van der Waals surface area contributed by atoms with Gasteiger partial charge in [-0.3, -0.25) is 9.35 Å². The summed E-state index contributed by atoms with van der Waals surface area (Å²) in [4.78, 5) is 23.5. The molecule has 0 atom stereocenters. The number of rotatable bonds is 14. The van der Waals surface area contributed by atoms with E-state index in [0.29, 0.717) is 5.69 Å². The highest BCUT2D eigenvalue weighted by atomic mass is 32.3. The zero-order valence-corrected chi connectivity index (χ0v) is 28.7. The molecule has 0 fully saturated rings. The number of phenolic OH excluding ortho intramolecular Hbond substituents is 2. The molecule has 4 aromatic rings. The van der Waals surface area contributed by atoms with Crippen molar-refractivity contribution in [1.29, 1.82) is 0 Å². The largest absolute Gasteiger partial charge is 0.505 e. The molecule has 0 saturated carbocycles. The monoisotopic (exact) mass is 755 g/mol. The number of benzene rings is 4. The van der Waals surface area contributed by atoms with E-state index in [2.05, 4.69) is 40.2 Å². The number of hydrogen-bond acceptors (Lipinski definition) is 16. The van der Waals surface area contributed by atoms with Crippen LogP contribution in [-0.2, 0) is 35.8 Å². The highest BCUT2D eigenvalue weighted by Gasteiger charge is 2.22. The number of amides is 1. The standard InChI is InChI=1S/C31H29N7O12S2/c1-17-3-6-20(7-4-17)33-37-28-23(31(43)44)15-27(41)29(30(28)42)38-34-21-8-10-24(26(13-21)32-18(2)40)35-36-25-14-22(9-5-19(25)16-39)51(45,46)12-11-50-52(47,48)49/h3-10,13-15,39,41-42H,11-12,16H2,1-2H3,(H,32,40)(H,43,44)(H,47,48,49). The van der Waals surface area contributed by atoms with E-state index < -0.39 is 79.5 Å². The van der Waals surface area contributed by atoms with E-state index in [1.54, 1.807) is 24.3 Å². The molecule has 21 heteroatoms. The lowest BCUT2D eigenvalue weighted by atomic mass is 10.1. The van der Waals surface area contributed by atoms with Gasteiger partial charge in [-0.2, -0.15) is 23.8 Å². The van der Waals surface area contributed by atoms with Crippen LogP contribution in [0.15, 0.2) is 102 Å². The molecule has 0 saturated heterocycles. The fourth-order valence-electron chi connectivity index (χ4n) is 4.23. The van der Waals surface area contributed by atoms with E-state index in [9.17, 15) is 46.9 Å². The summed E-state index contributed by atoms with van der Waals surface area (Å²) in [5.74, 6) is -4.44. The van der Waals surface area contributed by atoms with Gasteiger partial charge in [0.05, 0.1) is 52.2 Å². The van der Waals surface area contributed by atoms with Crippen molar-refractivity contribution in [1.82, 2.24) is 0 Å². The molecule has 272 valence electrons. The van der Waals surface area contributed by atoms with Crippen molar-refractivity contribution in [3.05, 3.63) is 83.4 Å². The van der Waals surface area contributed by atoms with Gasteiger partial charge in [-0.25, -0.2) is 17.4 Å². The number of carbonyl (C=O) groups excluding carboxylic acids is 1. The van der Waals surface area contributed by atoms with Gasteiger partial charge in [0.25, 0.3) is 0 Å². The summed E-state index contributed by atoms with van der Waals surface area (Å²) < 4.78 is 59.7. The zero-order valence-electron chi connectivity index (χ0n) is 27.1. The molecule has 19 nitrogen and oxygen atoms in total. The van der Waals surface area contributed by atoms with E-state index >= 15 is 0 Å². The SMILES string of the molecule is CC(=O)Nc1cc(N=Nc2c(O)cc(C(=O)O)c(N=Nc3ccc(C)cc3)c2O)ccc1N=Nc1cc(S(=O)(=O)CCOS(=O)(=O)O)ccc1CO. The lowest BCUT2D eigenvalue weighted by molar-refractivity contribution is -0.114. The van der Waals surface area contributed by atoms with Crippen LogP contribution in [0.5, 0.6) is 11.5 Å². The number of nitrogens with zero attached hydrogens (tertiary/aromatic N) is 6. The van der Waals surface area contributed by atoms with E-state index in [-0.39, 0.29) is 33.2 Å². The first-order valence-electron chi connectivity index (χ1n) is 14.6. The number of nitrogens with one attached hydrogen (secondary N) is 1. The fourth-order valence-corrected chi connectivity index (χ4v) is 5.73. The van der Waals surface area contributed by atoms with Crippen molar-refractivity contribution in [2.45, 2.75) is 25.3 Å². The van der Waals surface area contributed by atoms with Crippen molar-refractivity contribution in [2.24, 2.45) is 30.7 Å². The molecule has 0 heterocycles. The molecular weight excluding hydrogens is 727 g/mol. The molecule has 0 radical (unpaired) electrons. The molecule has 0 aromatic heterocycles. The van der Waals surface area contributed by atoms with Gasteiger partial charge >= 0.3 is 16.4 Å². The van der Waals surface area contributed by atoms with Crippen LogP contribution in [0, 0.1) is 6.92 Å². The number of aromatic hydroxyl groups is 2. The van der Waals surface area contributed by atoms with Crippen LogP contribution in [0.4, 0.5) is 39.8 Å². The number of aromatic carboxylic acids is 1. The highest BCUT2D eigenvalue weighted by molar-refractivity contribution is 7.91. The van der Waals surface area contributed by atoms with Crippen LogP contribution in [0.2, 0.25) is 0 Å². The van der Waals surface area contributed by atoms with E-state index in [1.807, 2.05) is 6.92 Å². The van der Waals surface area contributed by atoms with Gasteiger partial charge in [0.1, 0.15) is 17.1 Å². The second kappa shape index (κ2) is 16.3. The molecule has 0 aliphatic heterocycles. The summed E-state index contributed by atoms with van der Waals surface area (Å²) in [6.07, 6.45) is 0. The van der Waals surface area contributed by atoms with Crippen LogP contribution < -0.4 is 5.32 Å². The molecule has 4 rings (SSSR count). The molecule has 0 aliphatic rings. The Morgan fingerprint density at radius 1 is 0.788 bits per heavy atom. The molecule has 6 N–H and O–H groups in total. The summed E-state index contributed by atoms with van der Waals surface area (Å²) >= 11 is 0. The Balaban J connectivity index is 1.67. The van der Waals surface area contributed by atoms with Gasteiger partial charge in [0.2, 0.25) is 5.91 Å². The number of hydrogen-bond donors (Lipinski definition) is 6. The minimum Gasteiger partial charge on any atom is -0.505 e. The first kappa shape index (κ1) is 38.8. The van der Waals surface area contributed by atoms with Crippen LogP contribution in [-0.4, -0.2) is 66.1 Å². The maximum absolute atomic E-state index is 12.7.